The fourth-order valence-corrected chi connectivity index (χ4v) is 1.42. The Morgan fingerprint density at radius 3 is 3.00 bits per heavy atom. The highest BCUT2D eigenvalue weighted by Gasteiger charge is 2.13. The zero-order valence-electron chi connectivity index (χ0n) is 10.6. The number of anilines is 1. The second-order valence-corrected chi connectivity index (χ2v) is 3.98. The smallest absolute Gasteiger partial charge is 0.253 e. The highest BCUT2D eigenvalue weighted by atomic mass is 16.5. The number of hydrogen-bond acceptors (Lipinski definition) is 4. The van der Waals surface area contributed by atoms with Gasteiger partial charge in [0.05, 0.1) is 0 Å². The summed E-state index contributed by atoms with van der Waals surface area (Å²) in [4.78, 5) is 11.8. The third kappa shape index (κ3) is 4.83. The van der Waals surface area contributed by atoms with Gasteiger partial charge >= 0.3 is 0 Å². The number of nitrogens with two attached hydrogens (primary N) is 1. The van der Waals surface area contributed by atoms with E-state index in [1.54, 1.807) is 13.0 Å². The van der Waals surface area contributed by atoms with Crippen molar-refractivity contribution in [3.63, 3.8) is 0 Å². The zero-order valence-corrected chi connectivity index (χ0v) is 10.6. The largest absolute Gasteiger partial charge is 0.396 e. The maximum Gasteiger partial charge on any atom is 0.253 e. The Kier molecular flexibility index (Phi) is 6.35. The van der Waals surface area contributed by atoms with Crippen molar-refractivity contribution in [2.75, 3.05) is 18.5 Å². The van der Waals surface area contributed by atoms with Crippen LogP contribution in [0, 0.1) is 0 Å². The fraction of sp³-hybridized carbons (Fsp3) is 0.462. The number of hydrogen-bond donors (Lipinski definition) is 3. The molecule has 0 saturated heterocycles. The number of ether oxygens (including phenoxy) is 1. The van der Waals surface area contributed by atoms with Gasteiger partial charge in [0, 0.05) is 25.4 Å². The normalized spacial score (nSPS) is 12.2. The lowest BCUT2D eigenvalue weighted by Crippen LogP contribution is -2.28. The minimum Gasteiger partial charge on any atom is -0.396 e. The van der Waals surface area contributed by atoms with Crippen molar-refractivity contribution in [3.8, 4) is 0 Å². The SMILES string of the molecule is CC(OCCCO)C(=O)Nc1cccc(CN)c1. The maximum absolute atomic E-state index is 11.8. The van der Waals surface area contributed by atoms with E-state index in [1.165, 1.54) is 0 Å². The zero-order chi connectivity index (χ0) is 13.4. The predicted octanol–water partition coefficient (Wildman–Crippen LogP) is 0.871. The summed E-state index contributed by atoms with van der Waals surface area (Å²) in [6.07, 6.45) is -0.0154. The van der Waals surface area contributed by atoms with E-state index in [9.17, 15) is 4.79 Å². The molecule has 0 aliphatic carbocycles. The summed E-state index contributed by atoms with van der Waals surface area (Å²) in [5.74, 6) is -0.206. The number of carbonyl (C=O) groups excluding carboxylic acids is 1. The fourth-order valence-electron chi connectivity index (χ4n) is 1.42. The molecule has 0 aliphatic rings. The van der Waals surface area contributed by atoms with Crippen LogP contribution in [0.5, 0.6) is 0 Å². The van der Waals surface area contributed by atoms with Crippen molar-refractivity contribution < 1.29 is 14.6 Å². The van der Waals surface area contributed by atoms with Gasteiger partial charge in [-0.15, -0.1) is 0 Å². The van der Waals surface area contributed by atoms with E-state index in [-0.39, 0.29) is 12.5 Å². The number of amides is 1. The van der Waals surface area contributed by atoms with E-state index in [0.29, 0.717) is 25.3 Å². The average Bonchev–Trinajstić information content (AvgIpc) is 2.39. The molecule has 18 heavy (non-hydrogen) atoms. The molecule has 1 atom stereocenters. The molecule has 0 fully saturated rings. The molecular formula is C13H20N2O3. The highest BCUT2D eigenvalue weighted by Crippen LogP contribution is 2.11. The molecule has 0 heterocycles. The first-order valence-corrected chi connectivity index (χ1v) is 5.99. The Bertz CT molecular complexity index is 382. The summed E-state index contributed by atoms with van der Waals surface area (Å²) >= 11 is 0. The molecule has 0 aliphatic heterocycles. The molecule has 1 aromatic carbocycles. The maximum atomic E-state index is 11.8. The van der Waals surface area contributed by atoms with E-state index in [2.05, 4.69) is 5.32 Å². The highest BCUT2D eigenvalue weighted by molar-refractivity contribution is 5.93. The van der Waals surface area contributed by atoms with Crippen molar-refractivity contribution >= 4 is 11.6 Å². The summed E-state index contributed by atoms with van der Waals surface area (Å²) in [7, 11) is 0. The Labute approximate surface area is 107 Å². The van der Waals surface area contributed by atoms with Gasteiger partial charge in [0.2, 0.25) is 0 Å². The Hall–Kier alpha value is -1.43. The van der Waals surface area contributed by atoms with Gasteiger partial charge in [-0.25, -0.2) is 0 Å². The Morgan fingerprint density at radius 1 is 1.56 bits per heavy atom. The molecule has 1 rings (SSSR count). The van der Waals surface area contributed by atoms with Crippen LogP contribution in [0.3, 0.4) is 0 Å². The van der Waals surface area contributed by atoms with Crippen LogP contribution in [0.15, 0.2) is 24.3 Å². The predicted molar refractivity (Wildman–Crippen MR) is 70.1 cm³/mol. The van der Waals surface area contributed by atoms with E-state index in [1.807, 2.05) is 18.2 Å². The molecule has 4 N–H and O–H groups in total. The topological polar surface area (TPSA) is 84.6 Å². The molecule has 0 aromatic heterocycles. The first-order chi connectivity index (χ1) is 8.67. The van der Waals surface area contributed by atoms with Gasteiger partial charge in [-0.05, 0) is 31.0 Å². The Morgan fingerprint density at radius 2 is 2.33 bits per heavy atom. The van der Waals surface area contributed by atoms with Crippen molar-refractivity contribution in [2.24, 2.45) is 5.73 Å². The summed E-state index contributed by atoms with van der Waals surface area (Å²) in [5, 5.41) is 11.4. The van der Waals surface area contributed by atoms with Gasteiger partial charge in [-0.2, -0.15) is 0 Å². The van der Waals surface area contributed by atoms with E-state index < -0.39 is 6.10 Å². The summed E-state index contributed by atoms with van der Waals surface area (Å²) in [5.41, 5.74) is 7.20. The van der Waals surface area contributed by atoms with Crippen LogP contribution in [0.25, 0.3) is 0 Å². The van der Waals surface area contributed by atoms with Crippen molar-refractivity contribution in [1.82, 2.24) is 0 Å². The first kappa shape index (κ1) is 14.6. The van der Waals surface area contributed by atoms with Gasteiger partial charge in [-0.1, -0.05) is 12.1 Å². The monoisotopic (exact) mass is 252 g/mol. The molecule has 1 unspecified atom stereocenters. The van der Waals surface area contributed by atoms with Crippen LogP contribution < -0.4 is 11.1 Å². The standard InChI is InChI=1S/C13H20N2O3/c1-10(18-7-3-6-16)13(17)15-12-5-2-4-11(8-12)9-14/h2,4-5,8,10,16H,3,6-7,9,14H2,1H3,(H,15,17). The Balaban J connectivity index is 2.47. The summed E-state index contributed by atoms with van der Waals surface area (Å²) < 4.78 is 5.28. The van der Waals surface area contributed by atoms with Crippen LogP contribution in [-0.2, 0) is 16.1 Å². The van der Waals surface area contributed by atoms with Gasteiger partial charge < -0.3 is 20.9 Å². The minimum absolute atomic E-state index is 0.0624. The molecule has 1 amide bonds. The number of carbonyl (C=O) groups is 1. The van der Waals surface area contributed by atoms with Gasteiger partial charge in [0.15, 0.2) is 0 Å². The molecule has 0 radical (unpaired) electrons. The van der Waals surface area contributed by atoms with Crippen LogP contribution in [0.1, 0.15) is 18.9 Å². The van der Waals surface area contributed by atoms with Gasteiger partial charge in [-0.3, -0.25) is 4.79 Å². The van der Waals surface area contributed by atoms with Crippen LogP contribution in [0.4, 0.5) is 5.69 Å². The van der Waals surface area contributed by atoms with Crippen LogP contribution in [-0.4, -0.2) is 30.3 Å². The molecular weight excluding hydrogens is 232 g/mol. The van der Waals surface area contributed by atoms with Crippen molar-refractivity contribution in [1.29, 1.82) is 0 Å². The van der Waals surface area contributed by atoms with E-state index in [0.717, 1.165) is 5.56 Å². The third-order valence-corrected chi connectivity index (χ3v) is 2.47. The average molecular weight is 252 g/mol. The first-order valence-electron chi connectivity index (χ1n) is 5.99. The van der Waals surface area contributed by atoms with Crippen molar-refractivity contribution in [3.05, 3.63) is 29.8 Å². The summed E-state index contributed by atoms with van der Waals surface area (Å²) in [6, 6.07) is 7.38. The second-order valence-electron chi connectivity index (χ2n) is 3.98. The number of benzene rings is 1. The van der Waals surface area contributed by atoms with Crippen LogP contribution in [0.2, 0.25) is 0 Å². The molecule has 0 saturated carbocycles. The lowest BCUT2D eigenvalue weighted by Gasteiger charge is -2.13. The number of nitrogens with one attached hydrogen (secondary N) is 1. The number of aliphatic hydroxyl groups excluding tert-OH is 1. The van der Waals surface area contributed by atoms with Gasteiger partial charge in [0.1, 0.15) is 6.10 Å². The summed E-state index contributed by atoms with van der Waals surface area (Å²) in [6.45, 7) is 2.55. The molecule has 5 heteroatoms. The molecule has 0 bridgehead atoms. The van der Waals surface area contributed by atoms with Crippen molar-refractivity contribution in [2.45, 2.75) is 26.0 Å². The molecule has 5 nitrogen and oxygen atoms in total. The van der Waals surface area contributed by atoms with Gasteiger partial charge in [0.25, 0.3) is 5.91 Å². The lowest BCUT2D eigenvalue weighted by molar-refractivity contribution is -0.126. The van der Waals surface area contributed by atoms with E-state index >= 15 is 0 Å². The second kappa shape index (κ2) is 7.81. The number of aliphatic hydroxyl groups is 1. The van der Waals surface area contributed by atoms with E-state index in [4.69, 9.17) is 15.6 Å². The number of rotatable bonds is 7. The quantitative estimate of drug-likeness (QED) is 0.629. The molecule has 0 spiro atoms. The molecule has 100 valence electrons. The molecule has 1 aromatic rings. The van der Waals surface area contributed by atoms with Crippen LogP contribution >= 0.6 is 0 Å². The lowest BCUT2D eigenvalue weighted by atomic mass is 10.2. The third-order valence-electron chi connectivity index (χ3n) is 2.47. The minimum atomic E-state index is -0.543.